The van der Waals surface area contributed by atoms with Crippen molar-refractivity contribution in [3.63, 3.8) is 0 Å². The number of hydrogen-bond acceptors (Lipinski definition) is 3. The average molecular weight is 275 g/mol. The number of rotatable bonds is 3. The van der Waals surface area contributed by atoms with E-state index in [1.54, 1.807) is 6.07 Å². The molecule has 1 aromatic carbocycles. The average Bonchev–Trinajstić information content (AvgIpc) is 2.78. The molecule has 0 amide bonds. The Morgan fingerprint density at radius 1 is 1.35 bits per heavy atom. The van der Waals surface area contributed by atoms with Gasteiger partial charge in [-0.15, -0.1) is 0 Å². The van der Waals surface area contributed by atoms with Crippen molar-refractivity contribution in [2.45, 2.75) is 25.8 Å². The number of allylic oxidation sites excluding steroid dienone is 1. The lowest BCUT2D eigenvalue weighted by molar-refractivity contribution is 0.164. The number of nitrogens with one attached hydrogen (secondary N) is 1. The van der Waals surface area contributed by atoms with Crippen LogP contribution in [0.25, 0.3) is 11.0 Å². The number of halogens is 1. The first-order valence-electron chi connectivity index (χ1n) is 6.89. The zero-order chi connectivity index (χ0) is 14.1. The van der Waals surface area contributed by atoms with Crippen LogP contribution in [0.4, 0.5) is 4.39 Å². The Hall–Kier alpha value is -1.81. The van der Waals surface area contributed by atoms with Gasteiger partial charge in [0, 0.05) is 10.9 Å². The number of aryl methyl sites for hydroxylation is 1. The minimum absolute atomic E-state index is 0.120. The van der Waals surface area contributed by atoms with Gasteiger partial charge in [-0.25, -0.2) is 4.39 Å². The van der Waals surface area contributed by atoms with Gasteiger partial charge in [0.05, 0.1) is 6.61 Å². The van der Waals surface area contributed by atoms with Gasteiger partial charge in [-0.3, -0.25) is 0 Å². The van der Waals surface area contributed by atoms with Gasteiger partial charge < -0.3 is 14.5 Å². The van der Waals surface area contributed by atoms with Crippen LogP contribution >= 0.6 is 0 Å². The van der Waals surface area contributed by atoms with Crippen LogP contribution in [0.3, 0.4) is 0 Å². The van der Waals surface area contributed by atoms with Crippen molar-refractivity contribution < 1.29 is 13.5 Å². The molecule has 1 aliphatic rings. The number of ether oxygens (including phenoxy) is 1. The van der Waals surface area contributed by atoms with Crippen molar-refractivity contribution in [1.82, 2.24) is 5.32 Å². The van der Waals surface area contributed by atoms with E-state index in [4.69, 9.17) is 9.15 Å². The second-order valence-corrected chi connectivity index (χ2v) is 5.05. The fourth-order valence-corrected chi connectivity index (χ4v) is 2.67. The number of benzene rings is 1. The summed E-state index contributed by atoms with van der Waals surface area (Å²) in [6.07, 6.45) is 4.16. The maximum atomic E-state index is 13.4. The van der Waals surface area contributed by atoms with E-state index in [0.29, 0.717) is 5.58 Å². The summed E-state index contributed by atoms with van der Waals surface area (Å²) in [7, 11) is 1.87. The molecule has 0 spiro atoms. The highest BCUT2D eigenvalue weighted by molar-refractivity contribution is 5.82. The van der Waals surface area contributed by atoms with E-state index in [0.717, 1.165) is 41.9 Å². The van der Waals surface area contributed by atoms with E-state index in [2.05, 4.69) is 11.4 Å². The summed E-state index contributed by atoms with van der Waals surface area (Å²) >= 11 is 0. The van der Waals surface area contributed by atoms with Crippen molar-refractivity contribution in [2.75, 3.05) is 13.7 Å². The van der Waals surface area contributed by atoms with Crippen LogP contribution in [0.2, 0.25) is 0 Å². The Labute approximate surface area is 117 Å². The quantitative estimate of drug-likeness (QED) is 0.924. The van der Waals surface area contributed by atoms with Gasteiger partial charge in [0.15, 0.2) is 0 Å². The molecule has 106 valence electrons. The molecule has 0 fully saturated rings. The molecule has 20 heavy (non-hydrogen) atoms. The van der Waals surface area contributed by atoms with Crippen molar-refractivity contribution in [2.24, 2.45) is 0 Å². The Morgan fingerprint density at radius 3 is 2.90 bits per heavy atom. The Morgan fingerprint density at radius 2 is 2.20 bits per heavy atom. The Kier molecular flexibility index (Phi) is 3.49. The van der Waals surface area contributed by atoms with Gasteiger partial charge in [0.25, 0.3) is 0 Å². The van der Waals surface area contributed by atoms with E-state index in [1.165, 1.54) is 12.1 Å². The van der Waals surface area contributed by atoms with E-state index in [9.17, 15) is 4.39 Å². The summed E-state index contributed by atoms with van der Waals surface area (Å²) in [4.78, 5) is 0. The maximum Gasteiger partial charge on any atom is 0.134 e. The molecule has 2 heterocycles. The van der Waals surface area contributed by atoms with E-state index >= 15 is 0 Å². The second-order valence-electron chi connectivity index (χ2n) is 5.05. The summed E-state index contributed by atoms with van der Waals surface area (Å²) in [6.45, 7) is 2.69. The van der Waals surface area contributed by atoms with Crippen molar-refractivity contribution in [1.29, 1.82) is 0 Å². The van der Waals surface area contributed by atoms with E-state index < -0.39 is 0 Å². The van der Waals surface area contributed by atoms with Gasteiger partial charge in [-0.05, 0) is 51.1 Å². The zero-order valence-electron chi connectivity index (χ0n) is 11.7. The molecular weight excluding hydrogens is 257 g/mol. The third kappa shape index (κ3) is 2.20. The monoisotopic (exact) mass is 275 g/mol. The normalized spacial score (nSPS) is 16.9. The first kappa shape index (κ1) is 13.2. The lowest BCUT2D eigenvalue weighted by atomic mass is 10.0. The molecule has 0 bridgehead atoms. The molecule has 1 unspecified atom stereocenters. The summed E-state index contributed by atoms with van der Waals surface area (Å²) in [5.74, 6) is 1.43. The van der Waals surface area contributed by atoms with Gasteiger partial charge in [0.2, 0.25) is 0 Å². The molecule has 1 N–H and O–H groups in total. The number of furan rings is 1. The predicted octanol–water partition coefficient (Wildman–Crippen LogP) is 3.84. The topological polar surface area (TPSA) is 34.4 Å². The summed E-state index contributed by atoms with van der Waals surface area (Å²) in [5, 5.41) is 4.04. The van der Waals surface area contributed by atoms with E-state index in [-0.39, 0.29) is 11.9 Å². The van der Waals surface area contributed by atoms with Crippen molar-refractivity contribution in [3.05, 3.63) is 47.2 Å². The fourth-order valence-electron chi connectivity index (χ4n) is 2.67. The van der Waals surface area contributed by atoms with Crippen LogP contribution in [0.15, 0.2) is 34.5 Å². The van der Waals surface area contributed by atoms with Gasteiger partial charge in [-0.2, -0.15) is 0 Å². The minimum atomic E-state index is -0.248. The molecule has 3 rings (SSSR count). The first-order valence-corrected chi connectivity index (χ1v) is 6.89. The molecule has 0 aliphatic carbocycles. The molecule has 0 radical (unpaired) electrons. The summed E-state index contributed by atoms with van der Waals surface area (Å²) in [6, 6.07) is 4.48. The highest BCUT2D eigenvalue weighted by Gasteiger charge is 2.25. The molecule has 4 heteroatoms. The predicted molar refractivity (Wildman–Crippen MR) is 76.0 cm³/mol. The smallest absolute Gasteiger partial charge is 0.134 e. The van der Waals surface area contributed by atoms with Crippen molar-refractivity contribution in [3.8, 4) is 0 Å². The summed E-state index contributed by atoms with van der Waals surface area (Å²) < 4.78 is 25.0. The highest BCUT2D eigenvalue weighted by atomic mass is 19.1. The summed E-state index contributed by atoms with van der Waals surface area (Å²) in [5.41, 5.74) is 1.66. The second kappa shape index (κ2) is 5.29. The molecule has 3 nitrogen and oxygen atoms in total. The molecular formula is C16H18FNO2. The van der Waals surface area contributed by atoms with Crippen LogP contribution < -0.4 is 5.32 Å². The van der Waals surface area contributed by atoms with Gasteiger partial charge in [-0.1, -0.05) is 0 Å². The largest absolute Gasteiger partial charge is 0.496 e. The SMILES string of the molecule is CNC(C1=CCCCO1)c1oc2ccc(F)cc2c1C. The lowest BCUT2D eigenvalue weighted by Gasteiger charge is -2.22. The molecule has 0 saturated heterocycles. The van der Waals surface area contributed by atoms with Crippen LogP contribution in [-0.2, 0) is 4.74 Å². The first-order chi connectivity index (χ1) is 9.70. The molecule has 1 atom stereocenters. The number of fused-ring (bicyclic) bond motifs is 1. The van der Waals surface area contributed by atoms with Crippen LogP contribution in [0.1, 0.15) is 30.2 Å². The standard InChI is InChI=1S/C16H18FNO2/c1-10-12-9-11(17)6-7-13(12)20-16(10)15(18-2)14-5-3-4-8-19-14/h5-7,9,15,18H,3-4,8H2,1-2H3. The van der Waals surface area contributed by atoms with Crippen LogP contribution in [-0.4, -0.2) is 13.7 Å². The van der Waals surface area contributed by atoms with Crippen LogP contribution in [0, 0.1) is 12.7 Å². The minimum Gasteiger partial charge on any atom is -0.496 e. The fraction of sp³-hybridized carbons (Fsp3) is 0.375. The van der Waals surface area contributed by atoms with E-state index in [1.807, 2.05) is 14.0 Å². The molecule has 1 aliphatic heterocycles. The molecule has 1 aromatic heterocycles. The van der Waals surface area contributed by atoms with Gasteiger partial charge in [0.1, 0.15) is 29.0 Å². The lowest BCUT2D eigenvalue weighted by Crippen LogP contribution is -2.22. The molecule has 2 aromatic rings. The third-order valence-electron chi connectivity index (χ3n) is 3.73. The number of hydrogen-bond donors (Lipinski definition) is 1. The number of likely N-dealkylation sites (N-methyl/N-ethyl adjacent to an activating group) is 1. The Balaban J connectivity index is 2.07. The zero-order valence-corrected chi connectivity index (χ0v) is 11.7. The molecule has 0 saturated carbocycles. The third-order valence-corrected chi connectivity index (χ3v) is 3.73. The maximum absolute atomic E-state index is 13.4. The Bertz CT molecular complexity index is 660. The van der Waals surface area contributed by atoms with Crippen LogP contribution in [0.5, 0.6) is 0 Å². The van der Waals surface area contributed by atoms with Gasteiger partial charge >= 0.3 is 0 Å². The van der Waals surface area contributed by atoms with Crippen molar-refractivity contribution >= 4 is 11.0 Å². The highest BCUT2D eigenvalue weighted by Crippen LogP contribution is 2.34.